The first-order valence-corrected chi connectivity index (χ1v) is 8.34. The number of carbonyl (C=O) groups excluding carboxylic acids is 1. The van der Waals surface area contributed by atoms with Crippen LogP contribution in [0.3, 0.4) is 0 Å². The van der Waals surface area contributed by atoms with Gasteiger partial charge in [-0.15, -0.1) is 0 Å². The van der Waals surface area contributed by atoms with Crippen LogP contribution in [0.5, 0.6) is 5.75 Å². The van der Waals surface area contributed by atoms with Crippen molar-refractivity contribution in [3.63, 3.8) is 0 Å². The number of ether oxygens (including phenoxy) is 2. The Kier molecular flexibility index (Phi) is 5.04. The van der Waals surface area contributed by atoms with Crippen molar-refractivity contribution in [3.05, 3.63) is 29.8 Å². The number of nitrogens with zero attached hydrogens (tertiary/aromatic N) is 1. The van der Waals surface area contributed by atoms with E-state index < -0.39 is 11.9 Å². The molecular weight excluding hydrogens is 310 g/mol. The molecule has 130 valence electrons. The number of rotatable bonds is 4. The summed E-state index contributed by atoms with van der Waals surface area (Å²) in [6.07, 6.45) is 1.43. The maximum Gasteiger partial charge on any atom is 0.308 e. The summed E-state index contributed by atoms with van der Waals surface area (Å²) in [6, 6.07) is 7.46. The zero-order valence-electron chi connectivity index (χ0n) is 13.8. The predicted molar refractivity (Wildman–Crippen MR) is 87.0 cm³/mol. The molecule has 0 unspecified atom stereocenters. The standard InChI is InChI=1S/C18H23NO5/c1-23-16-5-3-2-4-13(16)14-10-19(11-15(14)18(21)22)17(20)12-6-8-24-9-7-12/h2-5,12,14-15H,6-11H2,1H3,(H,21,22)/t14-,15+/m0/s1. The van der Waals surface area contributed by atoms with Gasteiger partial charge in [-0.1, -0.05) is 18.2 Å². The fourth-order valence-corrected chi connectivity index (χ4v) is 3.72. The first kappa shape index (κ1) is 16.8. The molecule has 3 rings (SSSR count). The average Bonchev–Trinajstić information content (AvgIpc) is 3.07. The van der Waals surface area contributed by atoms with Gasteiger partial charge in [-0.3, -0.25) is 9.59 Å². The van der Waals surface area contributed by atoms with Crippen LogP contribution >= 0.6 is 0 Å². The fourth-order valence-electron chi connectivity index (χ4n) is 3.72. The van der Waals surface area contributed by atoms with Crippen molar-refractivity contribution in [2.45, 2.75) is 18.8 Å². The quantitative estimate of drug-likeness (QED) is 0.908. The largest absolute Gasteiger partial charge is 0.496 e. The number of para-hydroxylation sites is 1. The number of carbonyl (C=O) groups is 2. The van der Waals surface area contributed by atoms with Crippen LogP contribution in [0, 0.1) is 11.8 Å². The van der Waals surface area contributed by atoms with Crippen molar-refractivity contribution in [2.24, 2.45) is 11.8 Å². The van der Waals surface area contributed by atoms with Crippen molar-refractivity contribution in [1.29, 1.82) is 0 Å². The second-order valence-corrected chi connectivity index (χ2v) is 6.42. The van der Waals surface area contributed by atoms with E-state index in [1.807, 2.05) is 24.3 Å². The van der Waals surface area contributed by atoms with E-state index in [0.717, 1.165) is 5.56 Å². The number of hydrogen-bond acceptors (Lipinski definition) is 4. The van der Waals surface area contributed by atoms with Crippen LogP contribution in [0.1, 0.15) is 24.3 Å². The van der Waals surface area contributed by atoms with E-state index in [1.165, 1.54) is 0 Å². The highest BCUT2D eigenvalue weighted by molar-refractivity contribution is 5.81. The van der Waals surface area contributed by atoms with Crippen LogP contribution in [-0.4, -0.2) is 55.3 Å². The second-order valence-electron chi connectivity index (χ2n) is 6.42. The number of aliphatic carboxylic acids is 1. The summed E-state index contributed by atoms with van der Waals surface area (Å²) in [5.74, 6) is -1.04. The summed E-state index contributed by atoms with van der Waals surface area (Å²) in [5.41, 5.74) is 0.856. The molecule has 2 saturated heterocycles. The monoisotopic (exact) mass is 333 g/mol. The minimum Gasteiger partial charge on any atom is -0.496 e. The number of amides is 1. The molecule has 2 heterocycles. The summed E-state index contributed by atoms with van der Waals surface area (Å²) in [6.45, 7) is 1.88. The number of methoxy groups -OCH3 is 1. The zero-order valence-corrected chi connectivity index (χ0v) is 13.8. The number of benzene rings is 1. The molecule has 0 aromatic heterocycles. The number of hydrogen-bond donors (Lipinski definition) is 1. The van der Waals surface area contributed by atoms with Gasteiger partial charge in [0.2, 0.25) is 5.91 Å². The predicted octanol–water partition coefficient (Wildman–Crippen LogP) is 1.75. The molecule has 6 nitrogen and oxygen atoms in total. The third-order valence-corrected chi connectivity index (χ3v) is 5.06. The topological polar surface area (TPSA) is 76.1 Å². The van der Waals surface area contributed by atoms with Crippen molar-refractivity contribution in [1.82, 2.24) is 4.90 Å². The van der Waals surface area contributed by atoms with Crippen molar-refractivity contribution >= 4 is 11.9 Å². The highest BCUT2D eigenvalue weighted by Crippen LogP contribution is 2.38. The van der Waals surface area contributed by atoms with Crippen molar-refractivity contribution < 1.29 is 24.2 Å². The Morgan fingerprint density at radius 2 is 1.92 bits per heavy atom. The smallest absolute Gasteiger partial charge is 0.308 e. The van der Waals surface area contributed by atoms with E-state index in [0.29, 0.717) is 38.3 Å². The van der Waals surface area contributed by atoms with Crippen LogP contribution in [0.15, 0.2) is 24.3 Å². The number of likely N-dealkylation sites (tertiary alicyclic amines) is 1. The van der Waals surface area contributed by atoms with Gasteiger partial charge in [0.05, 0.1) is 13.0 Å². The van der Waals surface area contributed by atoms with E-state index >= 15 is 0 Å². The van der Waals surface area contributed by atoms with Crippen molar-refractivity contribution in [2.75, 3.05) is 33.4 Å². The summed E-state index contributed by atoms with van der Waals surface area (Å²) in [4.78, 5) is 26.2. The number of carboxylic acids is 1. The van der Waals surface area contributed by atoms with Gasteiger partial charge in [0, 0.05) is 38.1 Å². The van der Waals surface area contributed by atoms with Crippen LogP contribution in [0.2, 0.25) is 0 Å². The molecule has 1 aromatic rings. The van der Waals surface area contributed by atoms with Crippen LogP contribution in [0.4, 0.5) is 0 Å². The third kappa shape index (κ3) is 3.24. The normalized spacial score (nSPS) is 24.8. The van der Waals surface area contributed by atoms with Gasteiger partial charge >= 0.3 is 5.97 Å². The molecule has 1 aromatic carbocycles. The van der Waals surface area contributed by atoms with E-state index in [-0.39, 0.29) is 24.3 Å². The maximum absolute atomic E-state index is 12.7. The molecule has 1 amide bonds. The Morgan fingerprint density at radius 3 is 2.58 bits per heavy atom. The van der Waals surface area contributed by atoms with E-state index in [9.17, 15) is 14.7 Å². The van der Waals surface area contributed by atoms with Gasteiger partial charge in [0.15, 0.2) is 0 Å². The molecule has 0 spiro atoms. The molecule has 24 heavy (non-hydrogen) atoms. The fraction of sp³-hybridized carbons (Fsp3) is 0.556. The Balaban J connectivity index is 1.81. The lowest BCUT2D eigenvalue weighted by Crippen LogP contribution is -2.37. The second kappa shape index (κ2) is 7.21. The van der Waals surface area contributed by atoms with Gasteiger partial charge in [0.1, 0.15) is 5.75 Å². The maximum atomic E-state index is 12.7. The average molecular weight is 333 g/mol. The van der Waals surface area contributed by atoms with Gasteiger partial charge in [-0.05, 0) is 24.5 Å². The van der Waals surface area contributed by atoms with Crippen LogP contribution < -0.4 is 4.74 Å². The lowest BCUT2D eigenvalue weighted by Gasteiger charge is -2.26. The van der Waals surface area contributed by atoms with E-state index in [4.69, 9.17) is 9.47 Å². The molecule has 0 saturated carbocycles. The molecule has 2 aliphatic heterocycles. The summed E-state index contributed by atoms with van der Waals surface area (Å²) >= 11 is 0. The molecule has 2 aliphatic rings. The summed E-state index contributed by atoms with van der Waals surface area (Å²) in [5, 5.41) is 9.62. The highest BCUT2D eigenvalue weighted by atomic mass is 16.5. The molecule has 0 aliphatic carbocycles. The van der Waals surface area contributed by atoms with E-state index in [1.54, 1.807) is 12.0 Å². The third-order valence-electron chi connectivity index (χ3n) is 5.06. The SMILES string of the molecule is COc1ccccc1[C@@H]1CN(C(=O)C2CCOCC2)C[C@H]1C(=O)O. The van der Waals surface area contributed by atoms with E-state index in [2.05, 4.69) is 0 Å². The Hall–Kier alpha value is -2.08. The highest BCUT2D eigenvalue weighted by Gasteiger charge is 2.42. The van der Waals surface area contributed by atoms with Gasteiger partial charge in [-0.2, -0.15) is 0 Å². The molecule has 6 heteroatoms. The Morgan fingerprint density at radius 1 is 1.21 bits per heavy atom. The lowest BCUT2D eigenvalue weighted by molar-refractivity contribution is -0.142. The summed E-state index contributed by atoms with van der Waals surface area (Å²) < 4.78 is 10.7. The molecule has 1 N–H and O–H groups in total. The lowest BCUT2D eigenvalue weighted by atomic mass is 9.88. The minimum absolute atomic E-state index is 0.0513. The Labute approximate surface area is 141 Å². The molecule has 2 atom stereocenters. The molecule has 0 radical (unpaired) electrons. The molecular formula is C18H23NO5. The van der Waals surface area contributed by atoms with Gasteiger partial charge in [-0.25, -0.2) is 0 Å². The first-order chi connectivity index (χ1) is 11.6. The molecule has 2 fully saturated rings. The van der Waals surface area contributed by atoms with Gasteiger partial charge < -0.3 is 19.5 Å². The minimum atomic E-state index is -0.867. The van der Waals surface area contributed by atoms with Crippen molar-refractivity contribution in [3.8, 4) is 5.75 Å². The van der Waals surface area contributed by atoms with Gasteiger partial charge in [0.25, 0.3) is 0 Å². The molecule has 0 bridgehead atoms. The van der Waals surface area contributed by atoms with Crippen LogP contribution in [0.25, 0.3) is 0 Å². The first-order valence-electron chi connectivity index (χ1n) is 8.34. The zero-order chi connectivity index (χ0) is 17.1. The summed E-state index contributed by atoms with van der Waals surface area (Å²) in [7, 11) is 1.58. The number of carboxylic acid groups (broad SMARTS) is 1. The van der Waals surface area contributed by atoms with Crippen LogP contribution in [-0.2, 0) is 14.3 Å². The Bertz CT molecular complexity index is 611.